The van der Waals surface area contributed by atoms with Crippen molar-refractivity contribution in [3.8, 4) is 0 Å². The standard InChI is InChI=1S/C7H10N2OS/c1-4(8)7(10)6-3-9-5(2)11-6/h3-4H,8H2,1-2H3. The van der Waals surface area contributed by atoms with Crippen LogP contribution in [0.4, 0.5) is 0 Å². The molecule has 2 N–H and O–H groups in total. The third kappa shape index (κ3) is 1.85. The molecule has 0 aliphatic carbocycles. The van der Waals surface area contributed by atoms with Crippen molar-refractivity contribution < 1.29 is 4.79 Å². The molecule has 1 aromatic heterocycles. The Balaban J connectivity index is 2.85. The summed E-state index contributed by atoms with van der Waals surface area (Å²) in [5.41, 5.74) is 5.41. The van der Waals surface area contributed by atoms with Gasteiger partial charge in [0.25, 0.3) is 0 Å². The molecule has 0 aliphatic heterocycles. The van der Waals surface area contributed by atoms with Crippen molar-refractivity contribution in [2.75, 3.05) is 0 Å². The number of ketones is 1. The number of carbonyl (C=O) groups excluding carboxylic acids is 1. The first-order valence-electron chi connectivity index (χ1n) is 3.33. The summed E-state index contributed by atoms with van der Waals surface area (Å²) in [5, 5.41) is 0.897. The predicted octanol–water partition coefficient (Wildman–Crippen LogP) is 0.981. The van der Waals surface area contributed by atoms with E-state index in [1.165, 1.54) is 11.3 Å². The predicted molar refractivity (Wildman–Crippen MR) is 44.8 cm³/mol. The van der Waals surface area contributed by atoms with Gasteiger partial charge in [0.2, 0.25) is 0 Å². The highest BCUT2D eigenvalue weighted by Crippen LogP contribution is 2.12. The van der Waals surface area contributed by atoms with Gasteiger partial charge in [0.15, 0.2) is 5.78 Å². The molecule has 1 unspecified atom stereocenters. The van der Waals surface area contributed by atoms with E-state index in [9.17, 15) is 4.79 Å². The molecular weight excluding hydrogens is 160 g/mol. The first-order valence-corrected chi connectivity index (χ1v) is 4.15. The third-order valence-corrected chi connectivity index (χ3v) is 2.21. The highest BCUT2D eigenvalue weighted by Gasteiger charge is 2.12. The largest absolute Gasteiger partial charge is 0.321 e. The van der Waals surface area contributed by atoms with Gasteiger partial charge < -0.3 is 5.73 Å². The second-order valence-electron chi connectivity index (χ2n) is 2.40. The Labute approximate surface area is 69.3 Å². The summed E-state index contributed by atoms with van der Waals surface area (Å²) >= 11 is 1.38. The molecular formula is C7H10N2OS. The molecule has 0 saturated heterocycles. The quantitative estimate of drug-likeness (QED) is 0.673. The Kier molecular flexibility index (Phi) is 2.36. The molecule has 0 amide bonds. The van der Waals surface area contributed by atoms with Crippen LogP contribution in [-0.2, 0) is 0 Å². The first kappa shape index (κ1) is 8.36. The Bertz CT molecular complexity index is 267. The molecule has 0 bridgehead atoms. The van der Waals surface area contributed by atoms with E-state index in [1.807, 2.05) is 6.92 Å². The zero-order valence-corrected chi connectivity index (χ0v) is 7.31. The number of nitrogens with zero attached hydrogens (tertiary/aromatic N) is 1. The minimum absolute atomic E-state index is 0.0319. The number of aromatic nitrogens is 1. The van der Waals surface area contributed by atoms with E-state index in [0.717, 1.165) is 5.01 Å². The number of hydrogen-bond donors (Lipinski definition) is 1. The molecule has 1 rings (SSSR count). The zero-order valence-electron chi connectivity index (χ0n) is 6.50. The van der Waals surface area contributed by atoms with Gasteiger partial charge in [-0.2, -0.15) is 0 Å². The van der Waals surface area contributed by atoms with Crippen molar-refractivity contribution in [3.05, 3.63) is 16.1 Å². The molecule has 1 aromatic rings. The van der Waals surface area contributed by atoms with Crippen LogP contribution in [0.5, 0.6) is 0 Å². The number of Topliss-reactive ketones (excluding diaryl/α,β-unsaturated/α-hetero) is 1. The molecule has 60 valence electrons. The molecule has 0 radical (unpaired) electrons. The van der Waals surface area contributed by atoms with Crippen LogP contribution in [0.15, 0.2) is 6.20 Å². The highest BCUT2D eigenvalue weighted by atomic mass is 32.1. The van der Waals surface area contributed by atoms with Crippen LogP contribution in [0.3, 0.4) is 0 Å². The Morgan fingerprint density at radius 1 is 1.82 bits per heavy atom. The van der Waals surface area contributed by atoms with Crippen molar-refractivity contribution in [3.63, 3.8) is 0 Å². The maximum absolute atomic E-state index is 11.2. The molecule has 3 nitrogen and oxygen atoms in total. The van der Waals surface area contributed by atoms with Crippen molar-refractivity contribution in [1.82, 2.24) is 4.98 Å². The molecule has 0 aliphatic rings. The summed E-state index contributed by atoms with van der Waals surface area (Å²) in [7, 11) is 0. The normalized spacial score (nSPS) is 13.0. The number of hydrogen-bond acceptors (Lipinski definition) is 4. The van der Waals surface area contributed by atoms with Crippen LogP contribution in [0, 0.1) is 6.92 Å². The van der Waals surface area contributed by atoms with E-state index in [2.05, 4.69) is 4.98 Å². The van der Waals surface area contributed by atoms with Gasteiger partial charge in [-0.25, -0.2) is 4.98 Å². The first-order chi connectivity index (χ1) is 5.11. The van der Waals surface area contributed by atoms with Crippen LogP contribution in [0.1, 0.15) is 21.6 Å². The number of carbonyl (C=O) groups is 1. The summed E-state index contributed by atoms with van der Waals surface area (Å²) in [6, 6.07) is -0.421. The smallest absolute Gasteiger partial charge is 0.190 e. The lowest BCUT2D eigenvalue weighted by molar-refractivity contribution is 0.0971. The molecule has 0 spiro atoms. The summed E-state index contributed by atoms with van der Waals surface area (Å²) in [5.74, 6) is -0.0319. The monoisotopic (exact) mass is 170 g/mol. The van der Waals surface area contributed by atoms with E-state index in [0.29, 0.717) is 4.88 Å². The van der Waals surface area contributed by atoms with Crippen LogP contribution in [-0.4, -0.2) is 16.8 Å². The SMILES string of the molecule is Cc1ncc(C(=O)C(C)N)s1. The average molecular weight is 170 g/mol. The van der Waals surface area contributed by atoms with E-state index in [1.54, 1.807) is 13.1 Å². The fraction of sp³-hybridized carbons (Fsp3) is 0.429. The van der Waals surface area contributed by atoms with E-state index >= 15 is 0 Å². The topological polar surface area (TPSA) is 56.0 Å². The maximum atomic E-state index is 11.2. The van der Waals surface area contributed by atoms with Gasteiger partial charge >= 0.3 is 0 Å². The van der Waals surface area contributed by atoms with Gasteiger partial charge in [0, 0.05) is 6.20 Å². The van der Waals surface area contributed by atoms with Gasteiger partial charge in [0.05, 0.1) is 15.9 Å². The molecule has 1 atom stereocenters. The zero-order chi connectivity index (χ0) is 8.43. The van der Waals surface area contributed by atoms with Gasteiger partial charge in [-0.1, -0.05) is 0 Å². The lowest BCUT2D eigenvalue weighted by Crippen LogP contribution is -2.25. The van der Waals surface area contributed by atoms with Crippen LogP contribution in [0.2, 0.25) is 0 Å². The summed E-state index contributed by atoms with van der Waals surface area (Å²) in [6.07, 6.45) is 1.58. The summed E-state index contributed by atoms with van der Waals surface area (Å²) < 4.78 is 0. The summed E-state index contributed by atoms with van der Waals surface area (Å²) in [4.78, 5) is 15.8. The van der Waals surface area contributed by atoms with Crippen molar-refractivity contribution in [2.24, 2.45) is 5.73 Å². The Morgan fingerprint density at radius 3 is 2.82 bits per heavy atom. The van der Waals surface area contributed by atoms with Crippen LogP contribution < -0.4 is 5.73 Å². The van der Waals surface area contributed by atoms with Gasteiger partial charge in [-0.15, -0.1) is 11.3 Å². The van der Waals surface area contributed by atoms with E-state index in [-0.39, 0.29) is 5.78 Å². The lowest BCUT2D eigenvalue weighted by atomic mass is 10.2. The Morgan fingerprint density at radius 2 is 2.45 bits per heavy atom. The molecule has 0 aromatic carbocycles. The number of aryl methyl sites for hydroxylation is 1. The summed E-state index contributed by atoms with van der Waals surface area (Å²) in [6.45, 7) is 3.54. The molecule has 0 saturated carbocycles. The highest BCUT2D eigenvalue weighted by molar-refractivity contribution is 7.13. The number of thiazole rings is 1. The number of nitrogens with two attached hydrogens (primary N) is 1. The maximum Gasteiger partial charge on any atom is 0.190 e. The van der Waals surface area contributed by atoms with Gasteiger partial charge in [-0.3, -0.25) is 4.79 Å². The second-order valence-corrected chi connectivity index (χ2v) is 3.63. The fourth-order valence-corrected chi connectivity index (χ4v) is 1.52. The van der Waals surface area contributed by atoms with Gasteiger partial charge in [0.1, 0.15) is 0 Å². The van der Waals surface area contributed by atoms with Crippen molar-refractivity contribution in [2.45, 2.75) is 19.9 Å². The van der Waals surface area contributed by atoms with Crippen molar-refractivity contribution >= 4 is 17.1 Å². The van der Waals surface area contributed by atoms with E-state index in [4.69, 9.17) is 5.73 Å². The Hall–Kier alpha value is -0.740. The molecule has 4 heteroatoms. The minimum Gasteiger partial charge on any atom is -0.321 e. The number of rotatable bonds is 2. The third-order valence-electron chi connectivity index (χ3n) is 1.28. The van der Waals surface area contributed by atoms with Gasteiger partial charge in [-0.05, 0) is 13.8 Å². The molecule has 0 fully saturated rings. The fourth-order valence-electron chi connectivity index (χ4n) is 0.700. The van der Waals surface area contributed by atoms with E-state index < -0.39 is 6.04 Å². The van der Waals surface area contributed by atoms with Crippen LogP contribution >= 0.6 is 11.3 Å². The van der Waals surface area contributed by atoms with Crippen molar-refractivity contribution in [1.29, 1.82) is 0 Å². The minimum atomic E-state index is -0.421. The molecule has 11 heavy (non-hydrogen) atoms. The van der Waals surface area contributed by atoms with Crippen LogP contribution in [0.25, 0.3) is 0 Å². The lowest BCUT2D eigenvalue weighted by Gasteiger charge is -1.98. The average Bonchev–Trinajstić information content (AvgIpc) is 2.34. The molecule has 1 heterocycles. The second kappa shape index (κ2) is 3.11.